The van der Waals surface area contributed by atoms with Gasteiger partial charge in [-0.1, -0.05) is 32.1 Å². The van der Waals surface area contributed by atoms with Crippen LogP contribution in [0.3, 0.4) is 0 Å². The summed E-state index contributed by atoms with van der Waals surface area (Å²) in [5, 5.41) is 0. The van der Waals surface area contributed by atoms with E-state index in [1.54, 1.807) is 0 Å². The van der Waals surface area contributed by atoms with Crippen LogP contribution < -0.4 is 0 Å². The van der Waals surface area contributed by atoms with E-state index in [1.807, 2.05) is 13.8 Å². The van der Waals surface area contributed by atoms with Gasteiger partial charge >= 0.3 is 5.97 Å². The maximum Gasteiger partial charge on any atom is 0.308 e. The second-order valence-electron chi connectivity index (χ2n) is 4.43. The SMILES string of the molecule is CC(C)C(=O)OCC1=CC2CC2C=C1. The van der Waals surface area contributed by atoms with Crippen LogP contribution in [-0.4, -0.2) is 12.6 Å². The van der Waals surface area contributed by atoms with Crippen molar-refractivity contribution >= 4 is 5.97 Å². The zero-order chi connectivity index (χ0) is 10.1. The minimum Gasteiger partial charge on any atom is -0.461 e. The number of hydrogen-bond donors (Lipinski definition) is 0. The molecule has 0 aromatic carbocycles. The molecule has 2 rings (SSSR count). The quantitative estimate of drug-likeness (QED) is 0.641. The van der Waals surface area contributed by atoms with E-state index in [-0.39, 0.29) is 11.9 Å². The summed E-state index contributed by atoms with van der Waals surface area (Å²) < 4.78 is 5.15. The molecule has 2 nitrogen and oxygen atoms in total. The van der Waals surface area contributed by atoms with Crippen LogP contribution in [0.1, 0.15) is 20.3 Å². The first-order valence-electron chi connectivity index (χ1n) is 5.22. The maximum absolute atomic E-state index is 11.2. The van der Waals surface area contributed by atoms with Crippen molar-refractivity contribution in [3.63, 3.8) is 0 Å². The van der Waals surface area contributed by atoms with Crippen molar-refractivity contribution in [3.8, 4) is 0 Å². The van der Waals surface area contributed by atoms with Gasteiger partial charge in [-0.3, -0.25) is 4.79 Å². The number of hydrogen-bond acceptors (Lipinski definition) is 2. The van der Waals surface area contributed by atoms with Gasteiger partial charge in [0.15, 0.2) is 0 Å². The lowest BCUT2D eigenvalue weighted by Gasteiger charge is -2.09. The Morgan fingerprint density at radius 3 is 3.00 bits per heavy atom. The largest absolute Gasteiger partial charge is 0.461 e. The molecule has 1 fully saturated rings. The predicted octanol–water partition coefficient (Wildman–Crippen LogP) is 2.32. The summed E-state index contributed by atoms with van der Waals surface area (Å²) in [6, 6.07) is 0. The van der Waals surface area contributed by atoms with E-state index in [1.165, 1.54) is 6.42 Å². The summed E-state index contributed by atoms with van der Waals surface area (Å²) in [4.78, 5) is 11.2. The first-order chi connectivity index (χ1) is 6.66. The van der Waals surface area contributed by atoms with E-state index < -0.39 is 0 Å². The van der Waals surface area contributed by atoms with Gasteiger partial charge in [-0.05, 0) is 23.8 Å². The molecule has 0 radical (unpaired) electrons. The van der Waals surface area contributed by atoms with E-state index in [2.05, 4.69) is 18.2 Å². The molecule has 76 valence electrons. The third-order valence-electron chi connectivity index (χ3n) is 2.73. The first-order valence-corrected chi connectivity index (χ1v) is 5.22. The molecule has 2 atom stereocenters. The van der Waals surface area contributed by atoms with Gasteiger partial charge in [0.05, 0.1) is 5.92 Å². The minimum absolute atomic E-state index is 0.0307. The number of allylic oxidation sites excluding steroid dienone is 2. The highest BCUT2D eigenvalue weighted by Crippen LogP contribution is 2.44. The normalized spacial score (nSPS) is 28.4. The number of fused-ring (bicyclic) bond motifs is 1. The van der Waals surface area contributed by atoms with Crippen molar-refractivity contribution in [2.24, 2.45) is 17.8 Å². The molecular formula is C12H16O2. The van der Waals surface area contributed by atoms with E-state index in [4.69, 9.17) is 4.74 Å². The summed E-state index contributed by atoms with van der Waals surface area (Å²) in [7, 11) is 0. The Bertz CT molecular complexity index is 299. The molecule has 0 amide bonds. The van der Waals surface area contributed by atoms with E-state index in [9.17, 15) is 4.79 Å². The molecule has 0 saturated heterocycles. The number of carbonyl (C=O) groups excluding carboxylic acids is 1. The topological polar surface area (TPSA) is 26.3 Å². The third-order valence-corrected chi connectivity index (χ3v) is 2.73. The van der Waals surface area contributed by atoms with Crippen LogP contribution in [-0.2, 0) is 9.53 Å². The maximum atomic E-state index is 11.2. The van der Waals surface area contributed by atoms with Crippen LogP contribution in [0.15, 0.2) is 23.8 Å². The molecular weight excluding hydrogens is 176 g/mol. The zero-order valence-electron chi connectivity index (χ0n) is 8.69. The zero-order valence-corrected chi connectivity index (χ0v) is 8.69. The molecule has 0 aromatic rings. The summed E-state index contributed by atoms with van der Waals surface area (Å²) in [6.07, 6.45) is 7.82. The molecule has 0 bridgehead atoms. The fourth-order valence-electron chi connectivity index (χ4n) is 1.64. The van der Waals surface area contributed by atoms with Gasteiger partial charge in [-0.25, -0.2) is 0 Å². The molecule has 0 N–H and O–H groups in total. The van der Waals surface area contributed by atoms with Crippen LogP contribution in [0.25, 0.3) is 0 Å². The fourth-order valence-corrected chi connectivity index (χ4v) is 1.64. The van der Waals surface area contributed by atoms with Crippen LogP contribution in [0.2, 0.25) is 0 Å². The Morgan fingerprint density at radius 1 is 1.57 bits per heavy atom. The van der Waals surface area contributed by atoms with Crippen LogP contribution in [0.4, 0.5) is 0 Å². The molecule has 1 saturated carbocycles. The Labute approximate surface area is 84.6 Å². The summed E-state index contributed by atoms with van der Waals surface area (Å²) >= 11 is 0. The fraction of sp³-hybridized carbons (Fsp3) is 0.583. The highest BCUT2D eigenvalue weighted by atomic mass is 16.5. The van der Waals surface area contributed by atoms with Crippen molar-refractivity contribution in [1.82, 2.24) is 0 Å². The van der Waals surface area contributed by atoms with Gasteiger partial charge in [0.2, 0.25) is 0 Å². The lowest BCUT2D eigenvalue weighted by Crippen LogP contribution is -2.13. The Balaban J connectivity index is 1.81. The highest BCUT2D eigenvalue weighted by Gasteiger charge is 2.34. The first kappa shape index (κ1) is 9.50. The summed E-state index contributed by atoms with van der Waals surface area (Å²) in [5.41, 5.74) is 1.15. The number of ether oxygens (including phenoxy) is 1. The van der Waals surface area contributed by atoms with Crippen LogP contribution in [0, 0.1) is 17.8 Å². The standard InChI is InChI=1S/C12H16O2/c1-8(2)12(13)14-7-9-3-4-10-6-11(10)5-9/h3-5,8,10-11H,6-7H2,1-2H3. The van der Waals surface area contributed by atoms with Crippen molar-refractivity contribution < 1.29 is 9.53 Å². The third kappa shape index (κ3) is 2.06. The molecule has 2 heteroatoms. The molecule has 0 spiro atoms. The highest BCUT2D eigenvalue weighted by molar-refractivity contribution is 5.71. The molecule has 0 heterocycles. The van der Waals surface area contributed by atoms with Crippen molar-refractivity contribution in [1.29, 1.82) is 0 Å². The van der Waals surface area contributed by atoms with Gasteiger partial charge in [-0.2, -0.15) is 0 Å². The second-order valence-corrected chi connectivity index (χ2v) is 4.43. The number of carbonyl (C=O) groups is 1. The molecule has 14 heavy (non-hydrogen) atoms. The van der Waals surface area contributed by atoms with Gasteiger partial charge in [0.25, 0.3) is 0 Å². The Hall–Kier alpha value is -1.05. The predicted molar refractivity (Wildman–Crippen MR) is 54.6 cm³/mol. The van der Waals surface area contributed by atoms with Crippen molar-refractivity contribution in [2.75, 3.05) is 6.61 Å². The van der Waals surface area contributed by atoms with E-state index in [0.29, 0.717) is 6.61 Å². The average Bonchev–Trinajstić information content (AvgIpc) is 2.91. The van der Waals surface area contributed by atoms with Gasteiger partial charge in [0.1, 0.15) is 6.61 Å². The number of rotatable bonds is 3. The molecule has 2 unspecified atom stereocenters. The van der Waals surface area contributed by atoms with Crippen molar-refractivity contribution in [2.45, 2.75) is 20.3 Å². The lowest BCUT2D eigenvalue weighted by molar-refractivity contribution is -0.146. The van der Waals surface area contributed by atoms with E-state index >= 15 is 0 Å². The molecule has 0 aromatic heterocycles. The van der Waals surface area contributed by atoms with Gasteiger partial charge in [0, 0.05) is 0 Å². The monoisotopic (exact) mass is 192 g/mol. The lowest BCUT2D eigenvalue weighted by atomic mass is 10.1. The second kappa shape index (κ2) is 3.60. The van der Waals surface area contributed by atoms with E-state index in [0.717, 1.165) is 17.4 Å². The molecule has 0 aliphatic heterocycles. The number of esters is 1. The average molecular weight is 192 g/mol. The summed E-state index contributed by atoms with van der Waals surface area (Å²) in [6.45, 7) is 4.14. The van der Waals surface area contributed by atoms with Gasteiger partial charge in [-0.15, -0.1) is 0 Å². The smallest absolute Gasteiger partial charge is 0.308 e. The Kier molecular flexibility index (Phi) is 2.44. The van der Waals surface area contributed by atoms with Gasteiger partial charge < -0.3 is 4.74 Å². The molecule has 2 aliphatic rings. The Morgan fingerprint density at radius 2 is 2.36 bits per heavy atom. The molecule has 2 aliphatic carbocycles. The van der Waals surface area contributed by atoms with Crippen LogP contribution in [0.5, 0.6) is 0 Å². The summed E-state index contributed by atoms with van der Waals surface area (Å²) in [5.74, 6) is 1.36. The van der Waals surface area contributed by atoms with Crippen molar-refractivity contribution in [3.05, 3.63) is 23.8 Å². The minimum atomic E-state index is -0.114. The van der Waals surface area contributed by atoms with Crippen LogP contribution >= 0.6 is 0 Å².